The van der Waals surface area contributed by atoms with E-state index in [1.807, 2.05) is 36.4 Å². The Hall–Kier alpha value is -3.70. The average Bonchev–Trinajstić information content (AvgIpc) is 2.82. The fourth-order valence-corrected chi connectivity index (χ4v) is 3.53. The highest BCUT2D eigenvalue weighted by molar-refractivity contribution is 5.98. The fourth-order valence-electron chi connectivity index (χ4n) is 3.53. The van der Waals surface area contributed by atoms with Crippen molar-refractivity contribution in [1.29, 1.82) is 5.26 Å². The molecule has 0 aliphatic carbocycles. The van der Waals surface area contributed by atoms with Gasteiger partial charge in [0, 0.05) is 31.7 Å². The third kappa shape index (κ3) is 5.68. The molecule has 2 amide bonds. The number of piperazine rings is 1. The van der Waals surface area contributed by atoms with Crippen molar-refractivity contribution in [2.24, 2.45) is 0 Å². The van der Waals surface area contributed by atoms with E-state index < -0.39 is 17.9 Å². The maximum Gasteiger partial charge on any atom is 0.325 e. The number of esters is 1. The summed E-state index contributed by atoms with van der Waals surface area (Å²) in [5.74, 6) is -1.31. The van der Waals surface area contributed by atoms with Gasteiger partial charge in [-0.25, -0.2) is 0 Å². The Morgan fingerprint density at radius 3 is 2.61 bits per heavy atom. The van der Waals surface area contributed by atoms with Gasteiger partial charge in [0.1, 0.15) is 12.6 Å². The number of methoxy groups -OCH3 is 1. The first-order valence-corrected chi connectivity index (χ1v) is 9.93. The van der Waals surface area contributed by atoms with E-state index in [1.54, 1.807) is 18.2 Å². The molecule has 0 bridgehead atoms. The number of hydrogen-bond donors (Lipinski definition) is 1. The van der Waals surface area contributed by atoms with E-state index in [0.29, 0.717) is 37.3 Å². The van der Waals surface area contributed by atoms with Gasteiger partial charge in [0.05, 0.1) is 18.7 Å². The number of hydrogen-bond acceptors (Lipinski definition) is 6. The molecular weight excluding hydrogens is 396 g/mol. The zero-order chi connectivity index (χ0) is 22.2. The lowest BCUT2D eigenvalue weighted by atomic mass is 10.1. The molecule has 0 saturated carbocycles. The SMILES string of the molecule is COC(=O)CNC(=O)C1CN(Cc2ccccc2)CCN1C(=O)c1cccc(C#N)c1. The van der Waals surface area contributed by atoms with Crippen LogP contribution in [-0.4, -0.2) is 66.9 Å². The van der Waals surface area contributed by atoms with Crippen LogP contribution in [0.1, 0.15) is 21.5 Å². The van der Waals surface area contributed by atoms with Crippen molar-refractivity contribution in [1.82, 2.24) is 15.1 Å². The van der Waals surface area contributed by atoms with Crippen LogP contribution in [0.25, 0.3) is 0 Å². The van der Waals surface area contributed by atoms with Gasteiger partial charge >= 0.3 is 5.97 Å². The Morgan fingerprint density at radius 1 is 1.13 bits per heavy atom. The van der Waals surface area contributed by atoms with Crippen LogP contribution in [0, 0.1) is 11.3 Å². The van der Waals surface area contributed by atoms with Crippen molar-refractivity contribution < 1.29 is 19.1 Å². The minimum absolute atomic E-state index is 0.267. The zero-order valence-electron chi connectivity index (χ0n) is 17.3. The number of carbonyl (C=O) groups is 3. The minimum atomic E-state index is -0.777. The Labute approximate surface area is 181 Å². The van der Waals surface area contributed by atoms with Crippen LogP contribution in [0.3, 0.4) is 0 Å². The van der Waals surface area contributed by atoms with Crippen molar-refractivity contribution in [3.05, 3.63) is 71.3 Å². The molecule has 3 rings (SSSR count). The second kappa shape index (κ2) is 10.4. The second-order valence-electron chi connectivity index (χ2n) is 7.22. The lowest BCUT2D eigenvalue weighted by molar-refractivity contribution is -0.142. The lowest BCUT2D eigenvalue weighted by Crippen LogP contribution is -2.60. The van der Waals surface area contributed by atoms with E-state index in [0.717, 1.165) is 5.56 Å². The van der Waals surface area contributed by atoms with Crippen LogP contribution in [-0.2, 0) is 20.9 Å². The maximum absolute atomic E-state index is 13.2. The van der Waals surface area contributed by atoms with Gasteiger partial charge in [-0.15, -0.1) is 0 Å². The van der Waals surface area contributed by atoms with Crippen LogP contribution in [0.15, 0.2) is 54.6 Å². The lowest BCUT2D eigenvalue weighted by Gasteiger charge is -2.40. The number of carbonyl (C=O) groups excluding carboxylic acids is 3. The first-order valence-electron chi connectivity index (χ1n) is 9.93. The third-order valence-corrected chi connectivity index (χ3v) is 5.15. The van der Waals surface area contributed by atoms with Gasteiger partial charge in [-0.05, 0) is 23.8 Å². The molecule has 1 heterocycles. The summed E-state index contributed by atoms with van der Waals surface area (Å²) in [4.78, 5) is 41.1. The molecule has 8 nitrogen and oxygen atoms in total. The zero-order valence-corrected chi connectivity index (χ0v) is 17.3. The normalized spacial score (nSPS) is 16.3. The molecule has 1 aliphatic heterocycles. The van der Waals surface area contributed by atoms with E-state index in [4.69, 9.17) is 5.26 Å². The van der Waals surface area contributed by atoms with E-state index >= 15 is 0 Å². The minimum Gasteiger partial charge on any atom is -0.468 e. The number of rotatable bonds is 6. The molecule has 0 spiro atoms. The van der Waals surface area contributed by atoms with Crippen LogP contribution in [0.4, 0.5) is 0 Å². The van der Waals surface area contributed by atoms with E-state index in [-0.39, 0.29) is 12.5 Å². The van der Waals surface area contributed by atoms with E-state index in [1.165, 1.54) is 18.1 Å². The fraction of sp³-hybridized carbons (Fsp3) is 0.304. The van der Waals surface area contributed by atoms with Crippen molar-refractivity contribution in [2.45, 2.75) is 12.6 Å². The summed E-state index contributed by atoms with van der Waals surface area (Å²) in [5.41, 5.74) is 1.83. The Balaban J connectivity index is 1.79. The molecule has 2 aromatic carbocycles. The molecule has 0 aromatic heterocycles. The first-order chi connectivity index (χ1) is 15.0. The third-order valence-electron chi connectivity index (χ3n) is 5.15. The van der Waals surface area contributed by atoms with Gasteiger partial charge in [-0.3, -0.25) is 19.3 Å². The standard InChI is InChI=1S/C23H24N4O4/c1-31-21(28)14-25-22(29)20-16-26(15-17-6-3-2-4-7-17)10-11-27(20)23(30)19-9-5-8-18(12-19)13-24/h2-9,12,20H,10-11,14-16H2,1H3,(H,25,29). The summed E-state index contributed by atoms with van der Waals surface area (Å²) in [6, 6.07) is 17.5. The number of nitrogens with zero attached hydrogens (tertiary/aromatic N) is 3. The predicted molar refractivity (Wildman–Crippen MR) is 113 cm³/mol. The van der Waals surface area contributed by atoms with Gasteiger partial charge in [-0.1, -0.05) is 36.4 Å². The Kier molecular flexibility index (Phi) is 7.35. The molecule has 31 heavy (non-hydrogen) atoms. The molecular formula is C23H24N4O4. The van der Waals surface area contributed by atoms with Crippen molar-refractivity contribution >= 4 is 17.8 Å². The molecule has 1 N–H and O–H groups in total. The molecule has 0 radical (unpaired) electrons. The Morgan fingerprint density at radius 2 is 1.90 bits per heavy atom. The quantitative estimate of drug-likeness (QED) is 0.704. The number of ether oxygens (including phenoxy) is 1. The number of benzene rings is 2. The highest BCUT2D eigenvalue weighted by Gasteiger charge is 2.36. The van der Waals surface area contributed by atoms with Crippen molar-refractivity contribution in [3.63, 3.8) is 0 Å². The van der Waals surface area contributed by atoms with Crippen molar-refractivity contribution in [3.8, 4) is 6.07 Å². The van der Waals surface area contributed by atoms with Gasteiger partial charge < -0.3 is 15.0 Å². The molecule has 8 heteroatoms. The molecule has 1 atom stereocenters. The van der Waals surface area contributed by atoms with Gasteiger partial charge in [0.15, 0.2) is 0 Å². The molecule has 160 valence electrons. The van der Waals surface area contributed by atoms with Gasteiger partial charge in [0.25, 0.3) is 5.91 Å². The molecule has 1 unspecified atom stereocenters. The molecule has 1 fully saturated rings. The average molecular weight is 420 g/mol. The molecule has 1 aliphatic rings. The summed E-state index contributed by atoms with van der Waals surface area (Å²) >= 11 is 0. The van der Waals surface area contributed by atoms with Crippen molar-refractivity contribution in [2.75, 3.05) is 33.3 Å². The summed E-state index contributed by atoms with van der Waals surface area (Å²) in [6.07, 6.45) is 0. The summed E-state index contributed by atoms with van der Waals surface area (Å²) < 4.78 is 4.58. The smallest absolute Gasteiger partial charge is 0.325 e. The van der Waals surface area contributed by atoms with Crippen LogP contribution in [0.2, 0.25) is 0 Å². The largest absolute Gasteiger partial charge is 0.468 e. The number of nitriles is 1. The highest BCUT2D eigenvalue weighted by Crippen LogP contribution is 2.17. The summed E-state index contributed by atoms with van der Waals surface area (Å²) in [6.45, 7) is 1.65. The first kappa shape index (κ1) is 22.0. The topological polar surface area (TPSA) is 103 Å². The van der Waals surface area contributed by atoms with Crippen LogP contribution >= 0.6 is 0 Å². The number of amides is 2. The summed E-state index contributed by atoms with van der Waals surface area (Å²) in [5, 5.41) is 11.7. The highest BCUT2D eigenvalue weighted by atomic mass is 16.5. The van der Waals surface area contributed by atoms with E-state index in [9.17, 15) is 14.4 Å². The second-order valence-corrected chi connectivity index (χ2v) is 7.22. The molecule has 1 saturated heterocycles. The van der Waals surface area contributed by atoms with Crippen LogP contribution in [0.5, 0.6) is 0 Å². The molecule has 2 aromatic rings. The van der Waals surface area contributed by atoms with Gasteiger partial charge in [-0.2, -0.15) is 5.26 Å². The van der Waals surface area contributed by atoms with Gasteiger partial charge in [0.2, 0.25) is 5.91 Å². The Bertz CT molecular complexity index is 987. The maximum atomic E-state index is 13.2. The van der Waals surface area contributed by atoms with E-state index in [2.05, 4.69) is 15.0 Å². The van der Waals surface area contributed by atoms with Crippen LogP contribution < -0.4 is 5.32 Å². The summed E-state index contributed by atoms with van der Waals surface area (Å²) in [7, 11) is 1.24. The predicted octanol–water partition coefficient (Wildman–Crippen LogP) is 1.17. The monoisotopic (exact) mass is 420 g/mol. The number of nitrogens with one attached hydrogen (secondary N) is 1.